The second kappa shape index (κ2) is 4.67. The lowest BCUT2D eigenvalue weighted by atomic mass is 10.3. The van der Waals surface area contributed by atoms with Crippen LogP contribution in [0, 0.1) is 0 Å². The van der Waals surface area contributed by atoms with Crippen LogP contribution in [0.15, 0.2) is 23.0 Å². The maximum absolute atomic E-state index is 11.5. The summed E-state index contributed by atoms with van der Waals surface area (Å²) in [6, 6.07) is 1.65. The summed E-state index contributed by atoms with van der Waals surface area (Å²) in [6.07, 6.45) is 3.76. The first-order valence-electron chi connectivity index (χ1n) is 4.23. The highest BCUT2D eigenvalue weighted by molar-refractivity contribution is 5.93. The highest BCUT2D eigenvalue weighted by Gasteiger charge is 2.11. The monoisotopic (exact) mass is 182 g/mol. The van der Waals surface area contributed by atoms with Crippen LogP contribution in [0.3, 0.4) is 0 Å². The van der Waals surface area contributed by atoms with Crippen molar-refractivity contribution in [2.75, 3.05) is 20.1 Å². The topological polar surface area (TPSA) is 59.5 Å². The number of nitrogens with zero attached hydrogens (tertiary/aromatic N) is 1. The molecule has 0 bridgehead atoms. The van der Waals surface area contributed by atoms with Gasteiger partial charge >= 0.3 is 0 Å². The number of nitrogens with two attached hydrogens (primary N) is 1. The zero-order valence-corrected chi connectivity index (χ0v) is 7.69. The molecule has 0 atom stereocenters. The highest BCUT2D eigenvalue weighted by atomic mass is 16.3. The molecule has 4 heteroatoms. The molecule has 4 nitrogen and oxygen atoms in total. The molecule has 0 unspecified atom stereocenters. The Morgan fingerprint density at radius 1 is 1.69 bits per heavy atom. The number of hydrogen-bond acceptors (Lipinski definition) is 3. The van der Waals surface area contributed by atoms with Gasteiger partial charge in [0.1, 0.15) is 6.26 Å². The largest absolute Gasteiger partial charge is 0.472 e. The molecule has 2 N–H and O–H groups in total. The normalized spacial score (nSPS) is 10.0. The molecule has 0 aromatic carbocycles. The maximum atomic E-state index is 11.5. The van der Waals surface area contributed by atoms with Crippen molar-refractivity contribution in [1.29, 1.82) is 0 Å². The van der Waals surface area contributed by atoms with E-state index in [0.29, 0.717) is 18.7 Å². The van der Waals surface area contributed by atoms with Gasteiger partial charge in [-0.1, -0.05) is 0 Å². The second-order valence-corrected chi connectivity index (χ2v) is 2.88. The summed E-state index contributed by atoms with van der Waals surface area (Å²) < 4.78 is 4.82. The van der Waals surface area contributed by atoms with Crippen molar-refractivity contribution in [2.45, 2.75) is 6.42 Å². The molecular weight excluding hydrogens is 168 g/mol. The summed E-state index contributed by atoms with van der Waals surface area (Å²) in [6.45, 7) is 1.28. The van der Waals surface area contributed by atoms with Gasteiger partial charge in [-0.05, 0) is 19.0 Å². The maximum Gasteiger partial charge on any atom is 0.256 e. The van der Waals surface area contributed by atoms with Crippen LogP contribution in [0.2, 0.25) is 0 Å². The van der Waals surface area contributed by atoms with Crippen LogP contribution >= 0.6 is 0 Å². The van der Waals surface area contributed by atoms with Crippen LogP contribution in [0.25, 0.3) is 0 Å². The third kappa shape index (κ3) is 2.59. The molecular formula is C9H14N2O2. The zero-order chi connectivity index (χ0) is 9.68. The summed E-state index contributed by atoms with van der Waals surface area (Å²) in [4.78, 5) is 13.2. The Balaban J connectivity index is 2.48. The average Bonchev–Trinajstić information content (AvgIpc) is 2.65. The van der Waals surface area contributed by atoms with Gasteiger partial charge in [-0.3, -0.25) is 4.79 Å². The molecule has 1 rings (SSSR count). The van der Waals surface area contributed by atoms with Gasteiger partial charge in [-0.2, -0.15) is 0 Å². The lowest BCUT2D eigenvalue weighted by Gasteiger charge is -2.14. The number of furan rings is 1. The number of rotatable bonds is 4. The standard InChI is InChI=1S/C9H14N2O2/c1-11(5-2-4-10)9(12)8-3-6-13-7-8/h3,6-7H,2,4-5,10H2,1H3. The average molecular weight is 182 g/mol. The van der Waals surface area contributed by atoms with E-state index in [4.69, 9.17) is 10.2 Å². The molecule has 0 saturated carbocycles. The molecule has 0 aliphatic carbocycles. The molecule has 0 aliphatic heterocycles. The van der Waals surface area contributed by atoms with Gasteiger partial charge in [0.25, 0.3) is 5.91 Å². The van der Waals surface area contributed by atoms with Crippen LogP contribution < -0.4 is 5.73 Å². The predicted molar refractivity (Wildman–Crippen MR) is 49.3 cm³/mol. The van der Waals surface area contributed by atoms with Gasteiger partial charge in [0.05, 0.1) is 11.8 Å². The van der Waals surface area contributed by atoms with E-state index in [1.807, 2.05) is 0 Å². The van der Waals surface area contributed by atoms with Crippen molar-refractivity contribution in [2.24, 2.45) is 5.73 Å². The summed E-state index contributed by atoms with van der Waals surface area (Å²) >= 11 is 0. The van der Waals surface area contributed by atoms with Gasteiger partial charge in [0, 0.05) is 13.6 Å². The first kappa shape index (κ1) is 9.80. The molecule has 72 valence electrons. The Hall–Kier alpha value is -1.29. The minimum absolute atomic E-state index is 0.0257. The SMILES string of the molecule is CN(CCCN)C(=O)c1ccoc1. The molecule has 1 aromatic heterocycles. The lowest BCUT2D eigenvalue weighted by molar-refractivity contribution is 0.0793. The molecule has 0 spiro atoms. The fraction of sp³-hybridized carbons (Fsp3) is 0.444. The van der Waals surface area contributed by atoms with Crippen molar-refractivity contribution >= 4 is 5.91 Å². The molecule has 13 heavy (non-hydrogen) atoms. The number of carbonyl (C=O) groups is 1. The van der Waals surface area contributed by atoms with Crippen molar-refractivity contribution in [3.63, 3.8) is 0 Å². The fourth-order valence-corrected chi connectivity index (χ4v) is 1.04. The van der Waals surface area contributed by atoms with Crippen LogP contribution in [0.1, 0.15) is 16.8 Å². The van der Waals surface area contributed by atoms with Crippen molar-refractivity contribution < 1.29 is 9.21 Å². The fourth-order valence-electron chi connectivity index (χ4n) is 1.04. The Labute approximate surface area is 77.3 Å². The summed E-state index contributed by atoms with van der Waals surface area (Å²) in [5.74, 6) is -0.0257. The molecule has 0 saturated heterocycles. The van der Waals surface area contributed by atoms with E-state index in [9.17, 15) is 4.79 Å². The van der Waals surface area contributed by atoms with E-state index in [0.717, 1.165) is 6.42 Å². The van der Waals surface area contributed by atoms with E-state index in [1.165, 1.54) is 12.5 Å². The molecule has 1 amide bonds. The number of carbonyl (C=O) groups excluding carboxylic acids is 1. The molecule has 0 radical (unpaired) electrons. The molecule has 0 aliphatic rings. The van der Waals surface area contributed by atoms with Gasteiger partial charge in [0.2, 0.25) is 0 Å². The first-order chi connectivity index (χ1) is 6.25. The van der Waals surface area contributed by atoms with E-state index in [2.05, 4.69) is 0 Å². The van der Waals surface area contributed by atoms with E-state index in [1.54, 1.807) is 18.0 Å². The summed E-state index contributed by atoms with van der Waals surface area (Å²) in [5, 5.41) is 0. The minimum atomic E-state index is -0.0257. The Bertz CT molecular complexity index is 257. The van der Waals surface area contributed by atoms with Crippen LogP contribution in [0.5, 0.6) is 0 Å². The van der Waals surface area contributed by atoms with Gasteiger partial charge in [0.15, 0.2) is 0 Å². The molecule has 1 aromatic rings. The lowest BCUT2D eigenvalue weighted by Crippen LogP contribution is -2.28. The zero-order valence-electron chi connectivity index (χ0n) is 7.69. The third-order valence-corrected chi connectivity index (χ3v) is 1.81. The number of hydrogen-bond donors (Lipinski definition) is 1. The summed E-state index contributed by atoms with van der Waals surface area (Å²) in [7, 11) is 1.75. The van der Waals surface area contributed by atoms with Crippen LogP contribution in [0.4, 0.5) is 0 Å². The van der Waals surface area contributed by atoms with Gasteiger partial charge in [-0.25, -0.2) is 0 Å². The second-order valence-electron chi connectivity index (χ2n) is 2.88. The highest BCUT2D eigenvalue weighted by Crippen LogP contribution is 2.03. The van der Waals surface area contributed by atoms with Crippen molar-refractivity contribution in [3.05, 3.63) is 24.2 Å². The van der Waals surface area contributed by atoms with Crippen LogP contribution in [-0.4, -0.2) is 30.9 Å². The van der Waals surface area contributed by atoms with Gasteiger partial charge < -0.3 is 15.1 Å². The Morgan fingerprint density at radius 3 is 3.00 bits per heavy atom. The Kier molecular flexibility index (Phi) is 3.52. The van der Waals surface area contributed by atoms with Gasteiger partial charge in [-0.15, -0.1) is 0 Å². The van der Waals surface area contributed by atoms with E-state index >= 15 is 0 Å². The van der Waals surface area contributed by atoms with E-state index < -0.39 is 0 Å². The molecule has 1 heterocycles. The number of amides is 1. The Morgan fingerprint density at radius 2 is 2.46 bits per heavy atom. The van der Waals surface area contributed by atoms with E-state index in [-0.39, 0.29) is 5.91 Å². The third-order valence-electron chi connectivity index (χ3n) is 1.81. The first-order valence-corrected chi connectivity index (χ1v) is 4.23. The van der Waals surface area contributed by atoms with Crippen molar-refractivity contribution in [1.82, 2.24) is 4.90 Å². The predicted octanol–water partition coefficient (Wildman–Crippen LogP) is 0.700. The summed E-state index contributed by atoms with van der Waals surface area (Å²) in [5.41, 5.74) is 5.92. The smallest absolute Gasteiger partial charge is 0.256 e. The quantitative estimate of drug-likeness (QED) is 0.745. The minimum Gasteiger partial charge on any atom is -0.472 e. The van der Waals surface area contributed by atoms with Crippen molar-refractivity contribution in [3.8, 4) is 0 Å². The molecule has 0 fully saturated rings. The van der Waals surface area contributed by atoms with Crippen LogP contribution in [-0.2, 0) is 0 Å².